The summed E-state index contributed by atoms with van der Waals surface area (Å²) < 4.78 is 14.2. The first-order valence-corrected chi connectivity index (χ1v) is 9.73. The number of thiophene rings is 1. The molecule has 0 saturated heterocycles. The second-order valence-electron chi connectivity index (χ2n) is 6.60. The van der Waals surface area contributed by atoms with Crippen molar-refractivity contribution in [3.05, 3.63) is 64.8 Å². The summed E-state index contributed by atoms with van der Waals surface area (Å²) in [5.41, 5.74) is 2.48. The number of aliphatic carboxylic acids is 2. The van der Waals surface area contributed by atoms with Crippen LogP contribution in [0.5, 0.6) is 0 Å². The average Bonchev–Trinajstić information content (AvgIpc) is 3.09. The van der Waals surface area contributed by atoms with Crippen molar-refractivity contribution in [1.29, 1.82) is 0 Å². The molecular weight excluding hydrogens is 411 g/mol. The number of carboxylic acid groups (broad SMARTS) is 2. The zero-order valence-corrected chi connectivity index (χ0v) is 17.2. The third-order valence-corrected chi connectivity index (χ3v) is 5.04. The van der Waals surface area contributed by atoms with Crippen LogP contribution in [-0.4, -0.2) is 53.6 Å². The number of benzene rings is 2. The van der Waals surface area contributed by atoms with Gasteiger partial charge in [-0.15, -0.1) is 11.3 Å². The molecule has 3 rings (SSSR count). The van der Waals surface area contributed by atoms with Gasteiger partial charge in [-0.2, -0.15) is 0 Å². The summed E-state index contributed by atoms with van der Waals surface area (Å²) >= 11 is 1.72. The van der Waals surface area contributed by atoms with Gasteiger partial charge >= 0.3 is 11.9 Å². The first kappa shape index (κ1) is 23.0. The second kappa shape index (κ2) is 10.5. The number of rotatable bonds is 5. The van der Waals surface area contributed by atoms with E-state index in [1.54, 1.807) is 11.3 Å². The third-order valence-electron chi connectivity index (χ3n) is 4.03. The van der Waals surface area contributed by atoms with Crippen molar-refractivity contribution in [2.45, 2.75) is 6.42 Å². The Hall–Kier alpha value is -3.30. The van der Waals surface area contributed by atoms with Crippen molar-refractivity contribution < 1.29 is 29.0 Å². The van der Waals surface area contributed by atoms with Gasteiger partial charge in [-0.3, -0.25) is 4.79 Å². The molecule has 0 aliphatic rings. The van der Waals surface area contributed by atoms with Crippen LogP contribution >= 0.6 is 11.3 Å². The number of amides is 1. The molecule has 3 aromatic rings. The SMILES string of the molecule is CN(C)CCc1csc2ccc(NC(=O)c3ccc(F)cc3)cc12.O=C(O)C(=O)O. The van der Waals surface area contributed by atoms with E-state index in [1.807, 2.05) is 18.2 Å². The van der Waals surface area contributed by atoms with E-state index < -0.39 is 11.9 Å². The number of likely N-dealkylation sites (N-methyl/N-ethyl adjacent to an activating group) is 1. The fraction of sp³-hybridized carbons (Fsp3) is 0.190. The topological polar surface area (TPSA) is 107 Å². The minimum atomic E-state index is -1.82. The number of nitrogens with zero attached hydrogens (tertiary/aromatic N) is 1. The fourth-order valence-electron chi connectivity index (χ4n) is 2.50. The number of carboxylic acids is 2. The molecule has 0 bridgehead atoms. The summed E-state index contributed by atoms with van der Waals surface area (Å²) in [6.45, 7) is 0.984. The second-order valence-corrected chi connectivity index (χ2v) is 7.51. The molecule has 0 unspecified atom stereocenters. The van der Waals surface area contributed by atoms with Crippen LogP contribution in [0.1, 0.15) is 15.9 Å². The minimum absolute atomic E-state index is 0.237. The Labute approximate surface area is 176 Å². The van der Waals surface area contributed by atoms with Crippen molar-refractivity contribution in [3.8, 4) is 0 Å². The van der Waals surface area contributed by atoms with E-state index in [0.717, 1.165) is 18.7 Å². The molecule has 7 nitrogen and oxygen atoms in total. The number of halogens is 1. The molecule has 0 radical (unpaired) electrons. The number of anilines is 1. The number of carbonyl (C=O) groups is 3. The maximum absolute atomic E-state index is 13.0. The Kier molecular flexibility index (Phi) is 8.02. The van der Waals surface area contributed by atoms with Crippen LogP contribution in [-0.2, 0) is 16.0 Å². The highest BCUT2D eigenvalue weighted by Crippen LogP contribution is 2.29. The maximum atomic E-state index is 13.0. The summed E-state index contributed by atoms with van der Waals surface area (Å²) in [6, 6.07) is 11.5. The van der Waals surface area contributed by atoms with Gasteiger partial charge in [0.1, 0.15) is 5.82 Å². The molecule has 2 aromatic carbocycles. The largest absolute Gasteiger partial charge is 0.473 e. The monoisotopic (exact) mass is 432 g/mol. The van der Waals surface area contributed by atoms with Gasteiger partial charge in [-0.25, -0.2) is 14.0 Å². The Bertz CT molecular complexity index is 1040. The van der Waals surface area contributed by atoms with E-state index in [2.05, 4.69) is 29.7 Å². The van der Waals surface area contributed by atoms with Crippen molar-refractivity contribution in [3.63, 3.8) is 0 Å². The van der Waals surface area contributed by atoms with Crippen LogP contribution in [0.4, 0.5) is 10.1 Å². The molecule has 0 atom stereocenters. The highest BCUT2D eigenvalue weighted by molar-refractivity contribution is 7.17. The van der Waals surface area contributed by atoms with Crippen molar-refractivity contribution in [1.82, 2.24) is 4.90 Å². The number of fused-ring (bicyclic) bond motifs is 1. The predicted octanol–water partition coefficient (Wildman–Crippen LogP) is 3.55. The summed E-state index contributed by atoms with van der Waals surface area (Å²) in [4.78, 5) is 32.6. The molecule has 158 valence electrons. The molecule has 0 saturated carbocycles. The van der Waals surface area contributed by atoms with Gasteiger partial charge in [0.05, 0.1) is 0 Å². The summed E-state index contributed by atoms with van der Waals surface area (Å²) in [5, 5.41) is 21.0. The first-order chi connectivity index (χ1) is 14.2. The molecule has 0 spiro atoms. The smallest absolute Gasteiger partial charge is 0.414 e. The molecule has 30 heavy (non-hydrogen) atoms. The molecule has 9 heteroatoms. The lowest BCUT2D eigenvalue weighted by Crippen LogP contribution is -2.14. The lowest BCUT2D eigenvalue weighted by atomic mass is 10.1. The van der Waals surface area contributed by atoms with Crippen LogP contribution in [0.25, 0.3) is 10.1 Å². The predicted molar refractivity (Wildman–Crippen MR) is 114 cm³/mol. The molecule has 1 amide bonds. The van der Waals surface area contributed by atoms with E-state index in [0.29, 0.717) is 5.56 Å². The van der Waals surface area contributed by atoms with E-state index in [-0.39, 0.29) is 11.7 Å². The normalized spacial score (nSPS) is 10.4. The Morgan fingerprint density at radius 1 is 1.03 bits per heavy atom. The third kappa shape index (κ3) is 6.64. The minimum Gasteiger partial charge on any atom is -0.473 e. The lowest BCUT2D eigenvalue weighted by molar-refractivity contribution is -0.159. The standard InChI is InChI=1S/C19H19FN2OS.C2H2O4/c1-22(2)10-9-14-12-24-18-8-7-16(11-17(14)18)21-19(23)13-3-5-15(20)6-4-13;3-1(4)2(5)6/h3-8,11-12H,9-10H2,1-2H3,(H,21,23);(H,3,4)(H,5,6). The van der Waals surface area contributed by atoms with Crippen molar-refractivity contribution >= 4 is 45.0 Å². The van der Waals surface area contributed by atoms with Crippen LogP contribution in [0.15, 0.2) is 47.8 Å². The van der Waals surface area contributed by atoms with Crippen LogP contribution in [0.3, 0.4) is 0 Å². The molecule has 0 aliphatic heterocycles. The van der Waals surface area contributed by atoms with Gasteiger partial charge in [-0.05, 0) is 79.3 Å². The zero-order valence-electron chi connectivity index (χ0n) is 16.4. The van der Waals surface area contributed by atoms with Crippen molar-refractivity contribution in [2.75, 3.05) is 26.0 Å². The van der Waals surface area contributed by atoms with Crippen molar-refractivity contribution in [2.24, 2.45) is 0 Å². The van der Waals surface area contributed by atoms with Gasteiger partial charge < -0.3 is 20.4 Å². The molecular formula is C21H21FN2O5S. The van der Waals surface area contributed by atoms with E-state index >= 15 is 0 Å². The van der Waals surface area contributed by atoms with Crippen LogP contribution < -0.4 is 5.32 Å². The summed E-state index contributed by atoms with van der Waals surface area (Å²) in [7, 11) is 4.12. The number of nitrogens with one attached hydrogen (secondary N) is 1. The van der Waals surface area contributed by atoms with Gasteiger partial charge in [0.15, 0.2) is 0 Å². The highest BCUT2D eigenvalue weighted by atomic mass is 32.1. The average molecular weight is 432 g/mol. The Morgan fingerprint density at radius 3 is 2.23 bits per heavy atom. The molecule has 1 heterocycles. The van der Waals surface area contributed by atoms with Crippen LogP contribution in [0.2, 0.25) is 0 Å². The van der Waals surface area contributed by atoms with Gasteiger partial charge in [0, 0.05) is 22.5 Å². The van der Waals surface area contributed by atoms with Gasteiger partial charge in [0.2, 0.25) is 0 Å². The summed E-state index contributed by atoms with van der Waals surface area (Å²) in [5.74, 6) is -4.24. The van der Waals surface area contributed by atoms with E-state index in [4.69, 9.17) is 19.8 Å². The van der Waals surface area contributed by atoms with Gasteiger partial charge in [-0.1, -0.05) is 0 Å². The van der Waals surface area contributed by atoms with E-state index in [1.165, 1.54) is 39.9 Å². The first-order valence-electron chi connectivity index (χ1n) is 8.85. The molecule has 3 N–H and O–H groups in total. The lowest BCUT2D eigenvalue weighted by Gasteiger charge is -2.09. The van der Waals surface area contributed by atoms with Gasteiger partial charge in [0.25, 0.3) is 5.91 Å². The Morgan fingerprint density at radius 2 is 1.67 bits per heavy atom. The Balaban J connectivity index is 0.000000469. The highest BCUT2D eigenvalue weighted by Gasteiger charge is 2.09. The zero-order chi connectivity index (χ0) is 22.3. The quantitative estimate of drug-likeness (QED) is 0.533. The van der Waals surface area contributed by atoms with Crippen LogP contribution in [0, 0.1) is 5.82 Å². The van der Waals surface area contributed by atoms with E-state index in [9.17, 15) is 9.18 Å². The maximum Gasteiger partial charge on any atom is 0.414 e. The number of hydrogen-bond acceptors (Lipinski definition) is 5. The molecule has 1 aromatic heterocycles. The number of hydrogen-bond donors (Lipinski definition) is 3. The fourth-order valence-corrected chi connectivity index (χ4v) is 3.48. The number of carbonyl (C=O) groups excluding carboxylic acids is 1. The molecule has 0 aliphatic carbocycles. The molecule has 0 fully saturated rings. The summed E-state index contributed by atoms with van der Waals surface area (Å²) in [6.07, 6.45) is 0.975.